The van der Waals surface area contributed by atoms with Crippen molar-refractivity contribution in [2.24, 2.45) is 0 Å². The number of allylic oxidation sites excluding steroid dienone is 1. The van der Waals surface area contributed by atoms with Crippen molar-refractivity contribution in [3.05, 3.63) is 41.5 Å². The van der Waals surface area contributed by atoms with Gasteiger partial charge in [-0.25, -0.2) is 9.18 Å². The monoisotopic (exact) mass is 311 g/mol. The minimum Gasteiger partial charge on any atom is -0.480 e. The van der Waals surface area contributed by atoms with Crippen LogP contribution in [0.1, 0.15) is 24.2 Å². The molecule has 1 aromatic rings. The van der Waals surface area contributed by atoms with Crippen molar-refractivity contribution >= 4 is 23.6 Å². The topological polar surface area (TPSA) is 66.4 Å². The number of benzene rings is 1. The van der Waals surface area contributed by atoms with E-state index in [4.69, 9.17) is 5.11 Å². The Morgan fingerprint density at radius 3 is 2.62 bits per heavy atom. The number of thioether (sulfide) groups is 1. The van der Waals surface area contributed by atoms with Crippen LogP contribution in [0.15, 0.2) is 40.8 Å². The smallest absolute Gasteiger partial charge is 0.328 e. The second-order valence-corrected chi connectivity index (χ2v) is 5.67. The van der Waals surface area contributed by atoms with Crippen molar-refractivity contribution in [2.75, 3.05) is 12.4 Å². The highest BCUT2D eigenvalue weighted by Gasteiger charge is 2.21. The molecule has 1 unspecified atom stereocenters. The van der Waals surface area contributed by atoms with E-state index < -0.39 is 24.6 Å². The average molecular weight is 311 g/mol. The lowest BCUT2D eigenvalue weighted by molar-refractivity contribution is -0.139. The lowest BCUT2D eigenvalue weighted by atomic mass is 10.2. The van der Waals surface area contributed by atoms with E-state index in [9.17, 15) is 14.0 Å². The SMILES string of the molecule is CC(C)=CCSc1ccccc1C(=O)NC(CF)C(=O)O. The highest BCUT2D eigenvalue weighted by atomic mass is 32.2. The summed E-state index contributed by atoms with van der Waals surface area (Å²) in [5.41, 5.74) is 1.53. The highest BCUT2D eigenvalue weighted by Crippen LogP contribution is 2.23. The molecule has 0 aliphatic rings. The minimum atomic E-state index is -1.52. The Balaban J connectivity index is 2.84. The van der Waals surface area contributed by atoms with Crippen molar-refractivity contribution in [1.29, 1.82) is 0 Å². The van der Waals surface area contributed by atoms with E-state index in [2.05, 4.69) is 5.32 Å². The van der Waals surface area contributed by atoms with Crippen LogP contribution in [0.2, 0.25) is 0 Å². The van der Waals surface area contributed by atoms with Crippen LogP contribution in [0.5, 0.6) is 0 Å². The van der Waals surface area contributed by atoms with Crippen LogP contribution in [0.4, 0.5) is 4.39 Å². The molecule has 0 radical (unpaired) electrons. The molecule has 0 aliphatic heterocycles. The van der Waals surface area contributed by atoms with Gasteiger partial charge in [0.25, 0.3) is 5.91 Å². The summed E-state index contributed by atoms with van der Waals surface area (Å²) < 4.78 is 12.6. The summed E-state index contributed by atoms with van der Waals surface area (Å²) in [7, 11) is 0. The van der Waals surface area contributed by atoms with E-state index in [0.29, 0.717) is 11.3 Å². The molecule has 0 aliphatic carbocycles. The lowest BCUT2D eigenvalue weighted by Gasteiger charge is -2.13. The third-order valence-electron chi connectivity index (χ3n) is 2.62. The van der Waals surface area contributed by atoms with Crippen molar-refractivity contribution in [1.82, 2.24) is 5.32 Å². The fourth-order valence-electron chi connectivity index (χ4n) is 1.48. The van der Waals surface area contributed by atoms with Crippen LogP contribution in [-0.4, -0.2) is 35.5 Å². The third kappa shape index (κ3) is 5.59. The molecule has 0 heterocycles. The first-order chi connectivity index (χ1) is 9.95. The number of hydrogen-bond donors (Lipinski definition) is 2. The number of amides is 1. The summed E-state index contributed by atoms with van der Waals surface area (Å²) in [6.07, 6.45) is 2.03. The Labute approximate surface area is 127 Å². The Morgan fingerprint density at radius 2 is 2.05 bits per heavy atom. The number of hydrogen-bond acceptors (Lipinski definition) is 3. The maximum absolute atomic E-state index is 12.6. The first-order valence-electron chi connectivity index (χ1n) is 6.40. The van der Waals surface area contributed by atoms with E-state index in [1.165, 1.54) is 17.3 Å². The Kier molecular flexibility index (Phi) is 6.94. The number of carbonyl (C=O) groups is 2. The molecule has 21 heavy (non-hydrogen) atoms. The van der Waals surface area contributed by atoms with Gasteiger partial charge in [-0.2, -0.15) is 0 Å². The van der Waals surface area contributed by atoms with Crippen molar-refractivity contribution < 1.29 is 19.1 Å². The molecule has 6 heteroatoms. The van der Waals surface area contributed by atoms with Gasteiger partial charge in [0.1, 0.15) is 6.67 Å². The van der Waals surface area contributed by atoms with E-state index >= 15 is 0 Å². The maximum atomic E-state index is 12.6. The molecule has 1 rings (SSSR count). The highest BCUT2D eigenvalue weighted by molar-refractivity contribution is 7.99. The predicted octanol–water partition coefficient (Wildman–Crippen LogP) is 2.90. The number of carboxylic acids is 1. The van der Waals surface area contributed by atoms with Crippen molar-refractivity contribution in [3.63, 3.8) is 0 Å². The van der Waals surface area contributed by atoms with Crippen LogP contribution >= 0.6 is 11.8 Å². The summed E-state index contributed by atoms with van der Waals surface area (Å²) in [5, 5.41) is 11.0. The Hall–Kier alpha value is -1.82. The molecular formula is C15H18FNO3S. The zero-order valence-electron chi connectivity index (χ0n) is 11.9. The predicted molar refractivity (Wildman–Crippen MR) is 81.5 cm³/mol. The Morgan fingerprint density at radius 1 is 1.38 bits per heavy atom. The second kappa shape index (κ2) is 8.46. The molecule has 0 spiro atoms. The van der Waals surface area contributed by atoms with Gasteiger partial charge in [-0.15, -0.1) is 11.8 Å². The van der Waals surface area contributed by atoms with E-state index in [1.807, 2.05) is 19.9 Å². The standard InChI is InChI=1S/C15H18FNO3S/c1-10(2)7-8-21-13-6-4-3-5-11(13)14(18)17-12(9-16)15(19)20/h3-7,12H,8-9H2,1-2H3,(H,17,18)(H,19,20). The molecule has 0 saturated carbocycles. The van der Waals surface area contributed by atoms with Gasteiger partial charge in [-0.1, -0.05) is 23.8 Å². The van der Waals surface area contributed by atoms with Gasteiger partial charge in [0, 0.05) is 10.6 Å². The normalized spacial score (nSPS) is 11.6. The summed E-state index contributed by atoms with van der Waals surface area (Å²) >= 11 is 1.47. The summed E-state index contributed by atoms with van der Waals surface area (Å²) in [6, 6.07) is 5.34. The molecule has 2 N–H and O–H groups in total. The van der Waals surface area contributed by atoms with Gasteiger partial charge in [0.05, 0.1) is 5.56 Å². The van der Waals surface area contributed by atoms with Crippen LogP contribution < -0.4 is 5.32 Å². The molecule has 0 aromatic heterocycles. The van der Waals surface area contributed by atoms with Gasteiger partial charge in [0.15, 0.2) is 6.04 Å². The summed E-state index contributed by atoms with van der Waals surface area (Å²) in [5.74, 6) is -1.26. The summed E-state index contributed by atoms with van der Waals surface area (Å²) in [4.78, 5) is 23.6. The van der Waals surface area contributed by atoms with E-state index in [-0.39, 0.29) is 0 Å². The van der Waals surface area contributed by atoms with Crippen LogP contribution in [-0.2, 0) is 4.79 Å². The van der Waals surface area contributed by atoms with Gasteiger partial charge >= 0.3 is 5.97 Å². The largest absolute Gasteiger partial charge is 0.480 e. The van der Waals surface area contributed by atoms with Crippen molar-refractivity contribution in [3.8, 4) is 0 Å². The summed E-state index contributed by atoms with van der Waals surface area (Å²) in [6.45, 7) is 2.82. The molecule has 114 valence electrons. The van der Waals surface area contributed by atoms with E-state index in [1.54, 1.807) is 24.3 Å². The molecular weight excluding hydrogens is 293 g/mol. The molecule has 4 nitrogen and oxygen atoms in total. The number of carbonyl (C=O) groups excluding carboxylic acids is 1. The van der Waals surface area contributed by atoms with Gasteiger partial charge < -0.3 is 10.4 Å². The molecule has 0 bridgehead atoms. The first kappa shape index (κ1) is 17.2. The molecule has 1 aromatic carbocycles. The van der Waals surface area contributed by atoms with Crippen LogP contribution in [0, 0.1) is 0 Å². The van der Waals surface area contributed by atoms with Crippen LogP contribution in [0.25, 0.3) is 0 Å². The van der Waals surface area contributed by atoms with Gasteiger partial charge in [0.2, 0.25) is 0 Å². The van der Waals surface area contributed by atoms with Gasteiger partial charge in [-0.05, 0) is 26.0 Å². The fourth-order valence-corrected chi connectivity index (χ4v) is 2.57. The number of carboxylic acid groups (broad SMARTS) is 1. The van der Waals surface area contributed by atoms with E-state index in [0.717, 1.165) is 4.90 Å². The zero-order valence-corrected chi connectivity index (χ0v) is 12.7. The van der Waals surface area contributed by atoms with Crippen LogP contribution in [0.3, 0.4) is 0 Å². The number of alkyl halides is 1. The Bertz CT molecular complexity index is 541. The van der Waals surface area contributed by atoms with Crippen molar-refractivity contribution in [2.45, 2.75) is 24.8 Å². The lowest BCUT2D eigenvalue weighted by Crippen LogP contribution is -2.42. The first-order valence-corrected chi connectivity index (χ1v) is 7.39. The quantitative estimate of drug-likeness (QED) is 0.600. The molecule has 0 saturated heterocycles. The number of aliphatic carboxylic acids is 1. The number of halogens is 1. The average Bonchev–Trinajstić information content (AvgIpc) is 2.44. The number of nitrogens with one attached hydrogen (secondary N) is 1. The molecule has 1 atom stereocenters. The second-order valence-electron chi connectivity index (χ2n) is 4.61. The minimum absolute atomic E-state index is 0.351. The van der Waals surface area contributed by atoms with Gasteiger partial charge in [-0.3, -0.25) is 4.79 Å². The maximum Gasteiger partial charge on any atom is 0.328 e. The third-order valence-corrected chi connectivity index (χ3v) is 3.62. The number of rotatable bonds is 7. The molecule has 0 fully saturated rings. The fraction of sp³-hybridized carbons (Fsp3) is 0.333. The molecule has 1 amide bonds. The zero-order chi connectivity index (χ0) is 15.8.